The molecule has 2 heteroatoms. The van der Waals surface area contributed by atoms with E-state index >= 15 is 0 Å². The van der Waals surface area contributed by atoms with Gasteiger partial charge in [0.25, 0.3) is 0 Å². The fraction of sp³-hybridized carbons (Fsp3) is 0.128. The topological polar surface area (TPSA) is 4.93 Å². The molecule has 0 spiro atoms. The van der Waals surface area contributed by atoms with Gasteiger partial charge < -0.3 is 4.57 Å². The molecule has 2 aliphatic rings. The number of aryl methyl sites for hydroxylation is 1. The quantitative estimate of drug-likeness (QED) is 0.204. The first-order valence-electron chi connectivity index (χ1n) is 14.4. The van der Waals surface area contributed by atoms with Crippen molar-refractivity contribution in [3.8, 4) is 16.8 Å². The summed E-state index contributed by atoms with van der Waals surface area (Å²) < 4.78 is 2.45. The maximum absolute atomic E-state index is 6.50. The number of hydrogen-bond acceptors (Lipinski definition) is 0. The number of aromatic nitrogens is 1. The molecule has 0 amide bonds. The van der Waals surface area contributed by atoms with Crippen molar-refractivity contribution in [3.63, 3.8) is 0 Å². The van der Waals surface area contributed by atoms with Gasteiger partial charge in [0.2, 0.25) is 0 Å². The predicted molar refractivity (Wildman–Crippen MR) is 172 cm³/mol. The van der Waals surface area contributed by atoms with E-state index in [4.69, 9.17) is 11.6 Å². The van der Waals surface area contributed by atoms with E-state index in [-0.39, 0.29) is 5.41 Å². The van der Waals surface area contributed by atoms with Crippen molar-refractivity contribution in [2.24, 2.45) is 5.92 Å². The number of para-hydroxylation sites is 2. The maximum Gasteiger partial charge on any atom is 0.0540 e. The van der Waals surface area contributed by atoms with Crippen LogP contribution in [0.2, 0.25) is 5.02 Å². The zero-order valence-corrected chi connectivity index (χ0v) is 23.8. The van der Waals surface area contributed by atoms with E-state index < -0.39 is 0 Å². The summed E-state index contributed by atoms with van der Waals surface area (Å²) in [6.07, 6.45) is 7.15. The van der Waals surface area contributed by atoms with Crippen LogP contribution in [0.5, 0.6) is 0 Å². The Hall–Kier alpha value is -4.33. The second-order valence-corrected chi connectivity index (χ2v) is 12.1. The van der Waals surface area contributed by atoms with Gasteiger partial charge in [-0.15, -0.1) is 0 Å². The van der Waals surface area contributed by atoms with Gasteiger partial charge in [-0.25, -0.2) is 0 Å². The van der Waals surface area contributed by atoms with Crippen LogP contribution in [0.25, 0.3) is 39.9 Å². The smallest absolute Gasteiger partial charge is 0.0540 e. The number of nitrogens with zero attached hydrogens (tertiary/aromatic N) is 1. The Balaban J connectivity index is 1.33. The summed E-state index contributed by atoms with van der Waals surface area (Å²) >= 11 is 6.50. The average Bonchev–Trinajstić information content (AvgIpc) is 3.66. The van der Waals surface area contributed by atoms with Crippen LogP contribution in [0.4, 0.5) is 0 Å². The highest BCUT2D eigenvalue weighted by Crippen LogP contribution is 2.58. The lowest BCUT2D eigenvalue weighted by atomic mass is 9.84. The highest BCUT2D eigenvalue weighted by molar-refractivity contribution is 6.30. The average molecular weight is 548 g/mol. The number of benzene rings is 5. The van der Waals surface area contributed by atoms with E-state index in [0.29, 0.717) is 5.92 Å². The lowest BCUT2D eigenvalue weighted by molar-refractivity contribution is 0.865. The molecule has 1 aromatic heterocycles. The number of rotatable bonds is 5. The highest BCUT2D eigenvalue weighted by Gasteiger charge is 2.53. The molecule has 1 nitrogen and oxygen atoms in total. The number of fused-ring (bicyclic) bond motifs is 4. The molecule has 1 unspecified atom stereocenters. The van der Waals surface area contributed by atoms with Crippen LogP contribution in [-0.4, -0.2) is 4.57 Å². The van der Waals surface area contributed by atoms with E-state index in [1.165, 1.54) is 60.5 Å². The molecular weight excluding hydrogens is 518 g/mol. The first-order valence-corrected chi connectivity index (χ1v) is 14.8. The van der Waals surface area contributed by atoms with Crippen LogP contribution < -0.4 is 10.6 Å². The molecule has 0 saturated heterocycles. The van der Waals surface area contributed by atoms with Crippen molar-refractivity contribution in [2.45, 2.75) is 25.2 Å². The molecule has 1 heterocycles. The molecule has 6 aromatic rings. The first kappa shape index (κ1) is 24.5. The minimum Gasteiger partial charge on any atom is -0.310 e. The first-order chi connectivity index (χ1) is 20.1. The minimum atomic E-state index is 0.0151. The normalized spacial score (nSPS) is 18.7. The van der Waals surface area contributed by atoms with Crippen molar-refractivity contribution >= 4 is 34.7 Å². The molecule has 1 fully saturated rings. The summed E-state index contributed by atoms with van der Waals surface area (Å²) in [6.45, 7) is 2.18. The molecule has 5 aromatic carbocycles. The molecule has 0 bridgehead atoms. The van der Waals surface area contributed by atoms with Gasteiger partial charge in [-0.2, -0.15) is 0 Å². The maximum atomic E-state index is 6.50. The standard InChI is InChI=1S/C39H30ClN/c1-26-16-18-31(40)23-35(26)33-19-17-29(21-28(33)20-27-10-4-2-5-11-27)39-24-30(39)22-36-34-14-8-9-15-37(34)41(38(36)25-39)32-12-6-3-7-13-32/h2-19,21-23,25,30H,20,24H2,1H3/t30?,39-/m0/s1. The number of hydrogen-bond donors (Lipinski definition) is 0. The molecule has 198 valence electrons. The Kier molecular flexibility index (Phi) is 5.59. The van der Waals surface area contributed by atoms with Crippen molar-refractivity contribution in [3.05, 3.63) is 159 Å². The van der Waals surface area contributed by atoms with Gasteiger partial charge in [0.1, 0.15) is 0 Å². The number of halogens is 1. The lowest BCUT2D eigenvalue weighted by Crippen LogP contribution is -2.34. The van der Waals surface area contributed by atoms with Crippen LogP contribution >= 0.6 is 11.6 Å². The molecule has 0 radical (unpaired) electrons. The van der Waals surface area contributed by atoms with E-state index in [9.17, 15) is 0 Å². The third-order valence-electron chi connectivity index (χ3n) is 9.16. The molecular formula is C39H30ClN. The molecule has 2 atom stereocenters. The van der Waals surface area contributed by atoms with E-state index in [1.807, 2.05) is 6.07 Å². The Bertz CT molecular complexity index is 2070. The monoisotopic (exact) mass is 547 g/mol. The summed E-state index contributed by atoms with van der Waals surface area (Å²) in [6, 6.07) is 43.8. The summed E-state index contributed by atoms with van der Waals surface area (Å²) in [4.78, 5) is 0. The Morgan fingerprint density at radius 2 is 1.54 bits per heavy atom. The lowest BCUT2D eigenvalue weighted by Gasteiger charge is -2.20. The summed E-state index contributed by atoms with van der Waals surface area (Å²) in [5.74, 6) is 0.508. The predicted octanol–water partition coefficient (Wildman–Crippen LogP) is 8.38. The van der Waals surface area contributed by atoms with Gasteiger partial charge in [0.15, 0.2) is 0 Å². The van der Waals surface area contributed by atoms with Gasteiger partial charge in [0.05, 0.1) is 10.9 Å². The largest absolute Gasteiger partial charge is 0.310 e. The second-order valence-electron chi connectivity index (χ2n) is 11.6. The highest BCUT2D eigenvalue weighted by atomic mass is 35.5. The van der Waals surface area contributed by atoms with Gasteiger partial charge in [-0.05, 0) is 95.5 Å². The Morgan fingerprint density at radius 1 is 0.780 bits per heavy atom. The summed E-state index contributed by atoms with van der Waals surface area (Å²) in [5, 5.41) is 4.79. The fourth-order valence-corrected chi connectivity index (χ4v) is 7.16. The van der Waals surface area contributed by atoms with Crippen molar-refractivity contribution in [1.29, 1.82) is 0 Å². The van der Waals surface area contributed by atoms with Crippen LogP contribution in [0.3, 0.4) is 0 Å². The Morgan fingerprint density at radius 3 is 2.37 bits per heavy atom. The molecule has 8 rings (SSSR count). The van der Waals surface area contributed by atoms with Crippen molar-refractivity contribution in [2.75, 3.05) is 0 Å². The molecule has 0 aliphatic heterocycles. The summed E-state index contributed by atoms with van der Waals surface area (Å²) in [7, 11) is 0. The second kappa shape index (κ2) is 9.36. The van der Waals surface area contributed by atoms with Crippen molar-refractivity contribution < 1.29 is 0 Å². The van der Waals surface area contributed by atoms with Gasteiger partial charge in [0, 0.05) is 26.7 Å². The molecule has 1 saturated carbocycles. The van der Waals surface area contributed by atoms with Crippen LogP contribution in [-0.2, 0) is 11.8 Å². The van der Waals surface area contributed by atoms with Crippen LogP contribution in [0.15, 0.2) is 121 Å². The zero-order valence-electron chi connectivity index (χ0n) is 23.0. The van der Waals surface area contributed by atoms with Gasteiger partial charge in [-0.1, -0.05) is 109 Å². The van der Waals surface area contributed by atoms with Gasteiger partial charge in [-0.3, -0.25) is 0 Å². The van der Waals surface area contributed by atoms with E-state index in [0.717, 1.165) is 17.9 Å². The van der Waals surface area contributed by atoms with Gasteiger partial charge >= 0.3 is 0 Å². The van der Waals surface area contributed by atoms with Crippen LogP contribution in [0, 0.1) is 12.8 Å². The van der Waals surface area contributed by atoms with E-state index in [2.05, 4.69) is 139 Å². The van der Waals surface area contributed by atoms with E-state index in [1.54, 1.807) is 0 Å². The molecule has 41 heavy (non-hydrogen) atoms. The van der Waals surface area contributed by atoms with Crippen LogP contribution in [0.1, 0.15) is 28.7 Å². The minimum absolute atomic E-state index is 0.0151. The zero-order chi connectivity index (χ0) is 27.6. The fourth-order valence-electron chi connectivity index (χ4n) is 6.99. The SMILES string of the molecule is Cc1ccc(Cl)cc1-c1ccc([C@]23C=c4c(c5ccccc5n4-c4ccccc4)=CC2C3)cc1Cc1ccccc1. The molecule has 0 N–H and O–H groups in total. The Labute approximate surface area is 245 Å². The third kappa shape index (κ3) is 3.99. The molecule has 2 aliphatic carbocycles. The summed E-state index contributed by atoms with van der Waals surface area (Å²) in [5.41, 5.74) is 10.3. The third-order valence-corrected chi connectivity index (χ3v) is 9.39. The van der Waals surface area contributed by atoms with Crippen molar-refractivity contribution in [1.82, 2.24) is 4.57 Å².